The molecule has 0 fully saturated rings. The zero-order valence-electron chi connectivity index (χ0n) is 14.8. The Hall–Kier alpha value is -2.16. The molecule has 0 aliphatic heterocycles. The van der Waals surface area contributed by atoms with Gasteiger partial charge in [0.15, 0.2) is 5.96 Å². The number of fused-ring (bicyclic) bond motifs is 1. The van der Waals surface area contributed by atoms with Gasteiger partial charge in [-0.1, -0.05) is 25.2 Å². The van der Waals surface area contributed by atoms with Crippen molar-refractivity contribution in [3.8, 4) is 0 Å². The van der Waals surface area contributed by atoms with Gasteiger partial charge in [0.25, 0.3) is 6.47 Å². The second-order valence-electron chi connectivity index (χ2n) is 5.72. The lowest BCUT2D eigenvalue weighted by atomic mass is 9.89. The van der Waals surface area contributed by atoms with Gasteiger partial charge in [0.05, 0.1) is 11.6 Å². The van der Waals surface area contributed by atoms with Crippen molar-refractivity contribution in [2.45, 2.75) is 51.9 Å². The van der Waals surface area contributed by atoms with Gasteiger partial charge in [0.1, 0.15) is 0 Å². The number of aryl methyl sites for hydroxylation is 1. The fraction of sp³-hybridized carbons (Fsp3) is 0.625. The van der Waals surface area contributed by atoms with Crippen LogP contribution in [0.1, 0.15) is 56.0 Å². The van der Waals surface area contributed by atoms with Crippen LogP contribution in [0.3, 0.4) is 0 Å². The molecular weight excluding hydrogens is 342 g/mol. The maximum Gasteiger partial charge on any atom is 0.290 e. The van der Waals surface area contributed by atoms with E-state index in [-0.39, 0.29) is 24.3 Å². The van der Waals surface area contributed by atoms with Crippen LogP contribution in [0.15, 0.2) is 4.99 Å². The predicted molar refractivity (Wildman–Crippen MR) is 99.1 cm³/mol. The molecule has 0 bridgehead atoms. The highest BCUT2D eigenvalue weighted by Gasteiger charge is 2.32. The largest absolute Gasteiger partial charge is 0.483 e. The molecule has 0 radical (unpaired) electrons. The van der Waals surface area contributed by atoms with E-state index in [2.05, 4.69) is 23.8 Å². The third-order valence-corrected chi connectivity index (χ3v) is 4.79. The maximum atomic E-state index is 12.9. The number of thiazole rings is 1. The zero-order valence-corrected chi connectivity index (χ0v) is 15.6. The molecule has 0 saturated heterocycles. The van der Waals surface area contributed by atoms with Crippen LogP contribution in [0.5, 0.6) is 0 Å². The second kappa shape index (κ2) is 10.7. The summed E-state index contributed by atoms with van der Waals surface area (Å²) in [7, 11) is 0. The Labute approximate surface area is 151 Å². The fourth-order valence-corrected chi connectivity index (χ4v) is 3.95. The molecule has 0 saturated carbocycles. The molecule has 1 aliphatic rings. The van der Waals surface area contributed by atoms with E-state index in [9.17, 15) is 4.79 Å². The van der Waals surface area contributed by atoms with Crippen LogP contribution in [-0.2, 0) is 16.0 Å². The Balaban J connectivity index is 0.000000970. The van der Waals surface area contributed by atoms with Crippen LogP contribution in [0.2, 0.25) is 0 Å². The molecule has 9 heteroatoms. The average Bonchev–Trinajstić information content (AvgIpc) is 2.96. The molecule has 1 aromatic heterocycles. The minimum atomic E-state index is -0.250. The van der Waals surface area contributed by atoms with E-state index in [4.69, 9.17) is 21.4 Å². The summed E-state index contributed by atoms with van der Waals surface area (Å²) in [6, 6.07) is 0. The summed E-state index contributed by atoms with van der Waals surface area (Å²) < 4.78 is 0. The van der Waals surface area contributed by atoms with E-state index in [1.807, 2.05) is 4.90 Å². The lowest BCUT2D eigenvalue weighted by Crippen LogP contribution is -2.37. The third kappa shape index (κ3) is 6.00. The van der Waals surface area contributed by atoms with E-state index in [1.54, 1.807) is 0 Å². The number of carboxylic acid groups (broad SMARTS) is 1. The highest BCUT2D eigenvalue weighted by Crippen LogP contribution is 2.38. The highest BCUT2D eigenvalue weighted by molar-refractivity contribution is 7.15. The average molecular weight is 369 g/mol. The number of hydrogen-bond donors (Lipinski definition) is 3. The number of guanidine groups is 1. The van der Waals surface area contributed by atoms with Crippen molar-refractivity contribution in [3.05, 3.63) is 10.6 Å². The molecule has 1 aromatic rings. The topological polar surface area (TPSA) is 135 Å². The van der Waals surface area contributed by atoms with Crippen molar-refractivity contribution >= 4 is 34.8 Å². The van der Waals surface area contributed by atoms with Crippen molar-refractivity contribution in [2.75, 3.05) is 13.1 Å². The van der Waals surface area contributed by atoms with Gasteiger partial charge in [-0.3, -0.25) is 9.59 Å². The van der Waals surface area contributed by atoms with Gasteiger partial charge in [-0.25, -0.2) is 4.98 Å². The first kappa shape index (κ1) is 20.9. The summed E-state index contributed by atoms with van der Waals surface area (Å²) in [6.07, 6.45) is 4.78. The minimum absolute atomic E-state index is 0.00701. The number of nitrogens with zero attached hydrogens (tertiary/aromatic N) is 3. The van der Waals surface area contributed by atoms with Crippen LogP contribution in [0.25, 0.3) is 0 Å². The zero-order chi connectivity index (χ0) is 18.8. The van der Waals surface area contributed by atoms with Gasteiger partial charge in [-0.05, 0) is 32.1 Å². The van der Waals surface area contributed by atoms with Gasteiger partial charge < -0.3 is 21.5 Å². The molecule has 0 spiro atoms. The van der Waals surface area contributed by atoms with Gasteiger partial charge in [-0.2, -0.15) is 4.99 Å². The van der Waals surface area contributed by atoms with Crippen molar-refractivity contribution in [1.29, 1.82) is 0 Å². The number of hydrogen-bond acceptors (Lipinski definition) is 5. The molecule has 1 aliphatic carbocycles. The molecule has 1 heterocycles. The summed E-state index contributed by atoms with van der Waals surface area (Å²) in [6.45, 7) is 5.57. The van der Waals surface area contributed by atoms with Crippen molar-refractivity contribution in [2.24, 2.45) is 16.5 Å². The summed E-state index contributed by atoms with van der Waals surface area (Å²) in [5.74, 6) is 0.0693. The minimum Gasteiger partial charge on any atom is -0.483 e. The summed E-state index contributed by atoms with van der Waals surface area (Å²) in [5.41, 5.74) is 11.7. The Morgan fingerprint density at radius 1 is 1.40 bits per heavy atom. The van der Waals surface area contributed by atoms with Gasteiger partial charge >= 0.3 is 0 Å². The molecular formula is C16H27N5O3S. The third-order valence-electron chi connectivity index (χ3n) is 3.76. The van der Waals surface area contributed by atoms with Crippen molar-refractivity contribution in [1.82, 2.24) is 9.88 Å². The van der Waals surface area contributed by atoms with Crippen LogP contribution < -0.4 is 11.5 Å². The first-order valence-electron chi connectivity index (χ1n) is 8.44. The van der Waals surface area contributed by atoms with E-state index in [1.165, 1.54) is 11.3 Å². The number of aliphatic imine (C=N–C) groups is 1. The second-order valence-corrected chi connectivity index (χ2v) is 6.78. The summed E-state index contributed by atoms with van der Waals surface area (Å²) >= 11 is 1.49. The Kier molecular flexibility index (Phi) is 8.90. The number of carbonyl (C=O) groups is 2. The van der Waals surface area contributed by atoms with Gasteiger partial charge in [-0.15, -0.1) is 0 Å². The molecule has 1 amide bonds. The smallest absolute Gasteiger partial charge is 0.290 e. The number of rotatable bonds is 6. The van der Waals surface area contributed by atoms with E-state index < -0.39 is 0 Å². The van der Waals surface area contributed by atoms with Gasteiger partial charge in [0, 0.05) is 18.0 Å². The summed E-state index contributed by atoms with van der Waals surface area (Å²) in [4.78, 5) is 32.9. The van der Waals surface area contributed by atoms with Crippen LogP contribution in [-0.4, -0.2) is 46.4 Å². The molecule has 5 N–H and O–H groups in total. The Morgan fingerprint density at radius 3 is 2.52 bits per heavy atom. The first-order chi connectivity index (χ1) is 12.0. The summed E-state index contributed by atoms with van der Waals surface area (Å²) in [5, 5.41) is 7.45. The number of nitrogens with two attached hydrogens (primary N) is 2. The highest BCUT2D eigenvalue weighted by atomic mass is 32.1. The van der Waals surface area contributed by atoms with Crippen molar-refractivity contribution < 1.29 is 14.7 Å². The predicted octanol–water partition coefficient (Wildman–Crippen LogP) is 1.82. The molecule has 2 rings (SSSR count). The van der Waals surface area contributed by atoms with E-state index in [0.717, 1.165) is 55.8 Å². The van der Waals surface area contributed by atoms with Crippen LogP contribution in [0.4, 0.5) is 5.13 Å². The standard InChI is InChI=1S/C15H25N5OS.CH2O2/c1-3-8-20(9-4-2)13(21)10-6-5-7-11-12(10)18-15(22-11)19-14(16)17;2-1-3/h10H,3-9H2,1-2H3,(H4,16,17,18,19);1H,(H,2,3)/t10-;/m0./s1. The molecule has 0 unspecified atom stereocenters. The molecule has 140 valence electrons. The Morgan fingerprint density at radius 2 is 2.00 bits per heavy atom. The molecule has 25 heavy (non-hydrogen) atoms. The first-order valence-corrected chi connectivity index (χ1v) is 9.25. The Bertz CT molecular complexity index is 593. The number of amides is 1. The molecule has 1 atom stereocenters. The monoisotopic (exact) mass is 369 g/mol. The van der Waals surface area contributed by atoms with E-state index in [0.29, 0.717) is 5.13 Å². The lowest BCUT2D eigenvalue weighted by Gasteiger charge is -2.28. The molecule has 0 aromatic carbocycles. The lowest BCUT2D eigenvalue weighted by molar-refractivity contribution is -0.133. The molecule has 8 nitrogen and oxygen atoms in total. The van der Waals surface area contributed by atoms with Crippen LogP contribution in [0, 0.1) is 0 Å². The normalized spacial score (nSPS) is 15.4. The fourth-order valence-electron chi connectivity index (χ4n) is 2.90. The van der Waals surface area contributed by atoms with E-state index >= 15 is 0 Å². The quantitative estimate of drug-likeness (QED) is 0.398. The van der Waals surface area contributed by atoms with Crippen LogP contribution >= 0.6 is 11.3 Å². The number of carbonyl (C=O) groups excluding carboxylic acids is 1. The SMILES string of the molecule is CCCN(CCC)C(=O)[C@H]1CCCc2sc(N=C(N)N)nc21.O=CO. The maximum absolute atomic E-state index is 12.9. The van der Waals surface area contributed by atoms with Gasteiger partial charge in [0.2, 0.25) is 11.0 Å². The van der Waals surface area contributed by atoms with Crippen molar-refractivity contribution in [3.63, 3.8) is 0 Å². The number of aromatic nitrogens is 1.